The van der Waals surface area contributed by atoms with Crippen LogP contribution in [-0.2, 0) is 6.42 Å². The third-order valence-electron chi connectivity index (χ3n) is 5.31. The maximum atomic E-state index is 6.39. The average molecular weight is 258 g/mol. The van der Waals surface area contributed by atoms with Crippen molar-refractivity contribution in [2.45, 2.75) is 31.7 Å². The molecule has 2 aliphatic rings. The number of nitrogens with zero attached hydrogens (tertiary/aromatic N) is 1. The Morgan fingerprint density at radius 3 is 2.58 bits per heavy atom. The molecule has 2 saturated carbocycles. The topological polar surface area (TPSA) is 29.3 Å². The van der Waals surface area contributed by atoms with E-state index in [0.717, 1.165) is 30.7 Å². The quantitative estimate of drug-likeness (QED) is 0.879. The van der Waals surface area contributed by atoms with Gasteiger partial charge in [0.05, 0.1) is 0 Å². The first kappa shape index (κ1) is 13.1. The normalized spacial score (nSPS) is 33.2. The lowest BCUT2D eigenvalue weighted by molar-refractivity contribution is 0.200. The van der Waals surface area contributed by atoms with Crippen LogP contribution >= 0.6 is 0 Å². The van der Waals surface area contributed by atoms with Crippen LogP contribution in [0.4, 0.5) is 0 Å². The Labute approximate surface area is 117 Å². The van der Waals surface area contributed by atoms with Crippen LogP contribution < -0.4 is 5.73 Å². The van der Waals surface area contributed by atoms with E-state index >= 15 is 0 Å². The van der Waals surface area contributed by atoms with Crippen LogP contribution in [0.2, 0.25) is 0 Å². The van der Waals surface area contributed by atoms with Crippen LogP contribution in [-0.4, -0.2) is 31.1 Å². The second kappa shape index (κ2) is 5.64. The van der Waals surface area contributed by atoms with Crippen LogP contribution in [0, 0.1) is 17.8 Å². The van der Waals surface area contributed by atoms with E-state index in [1.807, 2.05) is 0 Å². The van der Waals surface area contributed by atoms with Gasteiger partial charge < -0.3 is 10.6 Å². The Bertz CT molecular complexity index is 401. The summed E-state index contributed by atoms with van der Waals surface area (Å²) in [6.07, 6.45) is 5.36. The van der Waals surface area contributed by atoms with Crippen molar-refractivity contribution in [1.29, 1.82) is 0 Å². The molecular weight excluding hydrogens is 232 g/mol. The number of rotatable bonds is 5. The molecule has 2 bridgehead atoms. The van der Waals surface area contributed by atoms with Crippen molar-refractivity contribution in [2.75, 3.05) is 20.1 Å². The van der Waals surface area contributed by atoms with Gasteiger partial charge in [-0.3, -0.25) is 0 Å². The van der Waals surface area contributed by atoms with Gasteiger partial charge in [-0.1, -0.05) is 30.3 Å². The van der Waals surface area contributed by atoms with Crippen molar-refractivity contribution < 1.29 is 0 Å². The van der Waals surface area contributed by atoms with Gasteiger partial charge >= 0.3 is 0 Å². The van der Waals surface area contributed by atoms with Gasteiger partial charge in [-0.25, -0.2) is 0 Å². The maximum Gasteiger partial charge on any atom is 0.0111 e. The molecule has 0 aromatic heterocycles. The van der Waals surface area contributed by atoms with Gasteiger partial charge in [-0.05, 0) is 56.0 Å². The fraction of sp³-hybridized carbons (Fsp3) is 0.647. The van der Waals surface area contributed by atoms with E-state index in [-0.39, 0.29) is 0 Å². The number of hydrogen-bond acceptors (Lipinski definition) is 2. The highest BCUT2D eigenvalue weighted by molar-refractivity contribution is 5.14. The van der Waals surface area contributed by atoms with Crippen molar-refractivity contribution in [2.24, 2.45) is 23.5 Å². The smallest absolute Gasteiger partial charge is 0.0111 e. The molecule has 2 nitrogen and oxygen atoms in total. The third kappa shape index (κ3) is 2.85. The fourth-order valence-corrected chi connectivity index (χ4v) is 4.14. The number of benzene rings is 1. The Kier molecular flexibility index (Phi) is 3.90. The Morgan fingerprint density at radius 2 is 1.89 bits per heavy atom. The summed E-state index contributed by atoms with van der Waals surface area (Å²) in [5, 5.41) is 0. The van der Waals surface area contributed by atoms with Crippen molar-refractivity contribution in [3.05, 3.63) is 35.9 Å². The first-order valence-electron chi connectivity index (χ1n) is 7.72. The fourth-order valence-electron chi connectivity index (χ4n) is 4.14. The molecule has 0 saturated heterocycles. The van der Waals surface area contributed by atoms with Gasteiger partial charge in [0.15, 0.2) is 0 Å². The number of likely N-dealkylation sites (N-methyl/N-ethyl adjacent to an activating group) is 1. The minimum Gasteiger partial charge on any atom is -0.327 e. The Morgan fingerprint density at radius 1 is 1.16 bits per heavy atom. The lowest BCUT2D eigenvalue weighted by Gasteiger charge is -2.31. The Hall–Kier alpha value is -0.860. The first-order valence-corrected chi connectivity index (χ1v) is 7.72. The molecule has 2 heteroatoms. The molecule has 2 aliphatic carbocycles. The molecular formula is C17H26N2. The molecule has 19 heavy (non-hydrogen) atoms. The summed E-state index contributed by atoms with van der Waals surface area (Å²) < 4.78 is 0. The lowest BCUT2D eigenvalue weighted by Crippen LogP contribution is -2.42. The van der Waals surface area contributed by atoms with E-state index in [2.05, 4.69) is 42.3 Å². The van der Waals surface area contributed by atoms with E-state index < -0.39 is 0 Å². The molecule has 0 aliphatic heterocycles. The lowest BCUT2D eigenvalue weighted by atomic mass is 9.84. The van der Waals surface area contributed by atoms with E-state index in [1.165, 1.54) is 31.4 Å². The standard InChI is InChI=1S/C17H26N2/c1-19(10-9-13-5-3-2-4-6-13)12-16-14-7-8-15(11-14)17(16)18/h2-6,14-17H,7-12,18H2,1H3. The van der Waals surface area contributed by atoms with Gasteiger partial charge in [-0.2, -0.15) is 0 Å². The van der Waals surface area contributed by atoms with E-state index in [1.54, 1.807) is 0 Å². The zero-order valence-corrected chi connectivity index (χ0v) is 12.0. The van der Waals surface area contributed by atoms with Crippen LogP contribution in [0.25, 0.3) is 0 Å². The summed E-state index contributed by atoms with van der Waals surface area (Å²) in [6, 6.07) is 11.2. The predicted molar refractivity (Wildman–Crippen MR) is 79.9 cm³/mol. The van der Waals surface area contributed by atoms with Gasteiger partial charge in [0, 0.05) is 19.1 Å². The van der Waals surface area contributed by atoms with Crippen LogP contribution in [0.1, 0.15) is 24.8 Å². The highest BCUT2D eigenvalue weighted by atomic mass is 15.1. The number of hydrogen-bond donors (Lipinski definition) is 1. The zero-order valence-electron chi connectivity index (χ0n) is 12.0. The number of fused-ring (bicyclic) bond motifs is 2. The second-order valence-electron chi connectivity index (χ2n) is 6.57. The molecule has 4 atom stereocenters. The summed E-state index contributed by atoms with van der Waals surface area (Å²) in [7, 11) is 2.25. The molecule has 2 fully saturated rings. The molecule has 3 rings (SSSR count). The Balaban J connectivity index is 1.48. The van der Waals surface area contributed by atoms with E-state index in [0.29, 0.717) is 6.04 Å². The predicted octanol–water partition coefficient (Wildman–Crippen LogP) is 2.53. The van der Waals surface area contributed by atoms with Crippen molar-refractivity contribution in [1.82, 2.24) is 4.90 Å². The maximum absolute atomic E-state index is 6.39. The van der Waals surface area contributed by atoms with Crippen LogP contribution in [0.3, 0.4) is 0 Å². The molecule has 104 valence electrons. The summed E-state index contributed by atoms with van der Waals surface area (Å²) in [5.41, 5.74) is 7.83. The minimum absolute atomic E-state index is 0.470. The van der Waals surface area contributed by atoms with E-state index in [9.17, 15) is 0 Å². The van der Waals surface area contributed by atoms with Gasteiger partial charge in [0.1, 0.15) is 0 Å². The zero-order chi connectivity index (χ0) is 13.2. The molecule has 1 aromatic rings. The largest absolute Gasteiger partial charge is 0.327 e. The van der Waals surface area contributed by atoms with E-state index in [4.69, 9.17) is 5.73 Å². The molecule has 4 unspecified atom stereocenters. The minimum atomic E-state index is 0.470. The van der Waals surface area contributed by atoms with Gasteiger partial charge in [0.2, 0.25) is 0 Å². The average Bonchev–Trinajstić information content (AvgIpc) is 3.01. The summed E-state index contributed by atoms with van der Waals surface area (Å²) >= 11 is 0. The van der Waals surface area contributed by atoms with Crippen molar-refractivity contribution in [3.63, 3.8) is 0 Å². The molecule has 2 N–H and O–H groups in total. The third-order valence-corrected chi connectivity index (χ3v) is 5.31. The van der Waals surface area contributed by atoms with Gasteiger partial charge in [0.25, 0.3) is 0 Å². The van der Waals surface area contributed by atoms with Crippen molar-refractivity contribution in [3.8, 4) is 0 Å². The van der Waals surface area contributed by atoms with Gasteiger partial charge in [-0.15, -0.1) is 0 Å². The molecule has 0 heterocycles. The van der Waals surface area contributed by atoms with Crippen LogP contribution in [0.5, 0.6) is 0 Å². The van der Waals surface area contributed by atoms with Crippen LogP contribution in [0.15, 0.2) is 30.3 Å². The summed E-state index contributed by atoms with van der Waals surface area (Å²) in [6.45, 7) is 2.33. The summed E-state index contributed by atoms with van der Waals surface area (Å²) in [5.74, 6) is 2.50. The second-order valence-corrected chi connectivity index (χ2v) is 6.57. The highest BCUT2D eigenvalue weighted by Gasteiger charge is 2.45. The SMILES string of the molecule is CN(CCc1ccccc1)CC1C2CCC(C2)C1N. The number of nitrogens with two attached hydrogens (primary N) is 1. The van der Waals surface area contributed by atoms with Crippen molar-refractivity contribution >= 4 is 0 Å². The summed E-state index contributed by atoms with van der Waals surface area (Å²) in [4.78, 5) is 2.48. The molecule has 0 amide bonds. The highest BCUT2D eigenvalue weighted by Crippen LogP contribution is 2.47. The molecule has 0 radical (unpaired) electrons. The molecule has 0 spiro atoms. The monoisotopic (exact) mass is 258 g/mol. The molecule has 1 aromatic carbocycles. The first-order chi connectivity index (χ1) is 9.24.